The van der Waals surface area contributed by atoms with Crippen molar-refractivity contribution in [2.45, 2.75) is 71.8 Å². The normalized spacial score (nSPS) is 15.5. The van der Waals surface area contributed by atoms with E-state index in [2.05, 4.69) is 54.4 Å². The molecule has 1 aromatic heterocycles. The highest BCUT2D eigenvalue weighted by molar-refractivity contribution is 6.36. The van der Waals surface area contributed by atoms with E-state index in [-0.39, 0.29) is 36.7 Å². The molecule has 0 radical (unpaired) electrons. The second-order valence-electron chi connectivity index (χ2n) is 13.8. The van der Waals surface area contributed by atoms with Crippen LogP contribution in [0.5, 0.6) is 5.88 Å². The first-order chi connectivity index (χ1) is 26.9. The monoisotopic (exact) mass is 787 g/mol. The Morgan fingerprint density at radius 3 is 2.52 bits per heavy atom. The number of likely N-dealkylation sites (N-methyl/N-ethyl adjacent to an activating group) is 1. The molecule has 0 bridgehead atoms. The van der Waals surface area contributed by atoms with Gasteiger partial charge in [0.25, 0.3) is 11.8 Å². The molecular formula is C43H58ClN7O5. The standard InChI is InChI=1S/C41H52ClN7O5.C2H6/c1-8-25(2)35-28(13-12-16-32(35)45-38(51)31-24-49(21-22-50)26(3)48(6)40(31)52)29-14-11-15-30(37(29)42)33-23-27-17-18-34(36(27)39(46-33)54-7)47(5)20-10-9-19-44-41(53)43-4;1-2/h11-16,23-25,34,50H,3,8-10,17-22H2,1-2,4-7H3,(H,45,51)(H2,43,44,53);1-2H3. The van der Waals surface area contributed by atoms with Crippen molar-refractivity contribution >= 4 is 35.1 Å². The van der Waals surface area contributed by atoms with Gasteiger partial charge in [-0.2, -0.15) is 0 Å². The lowest BCUT2D eigenvalue weighted by atomic mass is 9.87. The first-order valence-corrected chi connectivity index (χ1v) is 19.9. The topological polar surface area (TPSA) is 139 Å². The number of aryl methyl sites for hydroxylation is 1. The zero-order valence-electron chi connectivity index (χ0n) is 34.1. The summed E-state index contributed by atoms with van der Waals surface area (Å²) in [6, 6.07) is 13.7. The predicted molar refractivity (Wildman–Crippen MR) is 225 cm³/mol. The van der Waals surface area contributed by atoms with Gasteiger partial charge in [-0.3, -0.25) is 19.4 Å². The summed E-state index contributed by atoms with van der Waals surface area (Å²) < 4.78 is 5.92. The number of methoxy groups -OCH3 is 1. The molecule has 56 heavy (non-hydrogen) atoms. The molecule has 1 aliphatic heterocycles. The largest absolute Gasteiger partial charge is 0.481 e. The van der Waals surface area contributed by atoms with Gasteiger partial charge in [0.2, 0.25) is 5.88 Å². The van der Waals surface area contributed by atoms with Crippen molar-refractivity contribution in [3.05, 3.63) is 88.4 Å². The number of amides is 4. The number of carbonyl (C=O) groups excluding carboxylic acids is 3. The molecule has 302 valence electrons. The number of aliphatic hydroxyl groups is 1. The fourth-order valence-corrected chi connectivity index (χ4v) is 7.58. The highest BCUT2D eigenvalue weighted by Gasteiger charge is 2.33. The third kappa shape index (κ3) is 9.54. The number of aliphatic hydroxyl groups excluding tert-OH is 1. The first-order valence-electron chi connectivity index (χ1n) is 19.5. The van der Waals surface area contributed by atoms with Crippen LogP contribution in [0.3, 0.4) is 0 Å². The summed E-state index contributed by atoms with van der Waals surface area (Å²) in [5.41, 5.74) is 6.85. The number of aromatic nitrogens is 1. The Balaban J connectivity index is 0.00000342. The molecule has 4 N–H and O–H groups in total. The van der Waals surface area contributed by atoms with Crippen LogP contribution in [-0.2, 0) is 16.0 Å². The van der Waals surface area contributed by atoms with E-state index in [1.54, 1.807) is 26.1 Å². The van der Waals surface area contributed by atoms with Crippen LogP contribution >= 0.6 is 11.6 Å². The Bertz CT molecular complexity index is 1930. The Morgan fingerprint density at radius 1 is 1.14 bits per heavy atom. The molecule has 2 aromatic carbocycles. The predicted octanol–water partition coefficient (Wildman–Crippen LogP) is 7.31. The average molecular weight is 788 g/mol. The van der Waals surface area contributed by atoms with Gasteiger partial charge in [-0.25, -0.2) is 9.78 Å². The number of hydrogen-bond donors (Lipinski definition) is 4. The minimum Gasteiger partial charge on any atom is -0.481 e. The lowest BCUT2D eigenvalue weighted by Gasteiger charge is -2.34. The molecule has 2 unspecified atom stereocenters. The number of fused-ring (bicyclic) bond motifs is 1. The van der Waals surface area contributed by atoms with Crippen molar-refractivity contribution in [1.82, 2.24) is 30.3 Å². The minimum absolute atomic E-state index is 0.0276. The molecule has 1 aliphatic carbocycles. The van der Waals surface area contributed by atoms with Crippen LogP contribution in [-0.4, -0.2) is 97.1 Å². The van der Waals surface area contributed by atoms with E-state index in [1.807, 2.05) is 50.2 Å². The lowest BCUT2D eigenvalue weighted by molar-refractivity contribution is -0.128. The van der Waals surface area contributed by atoms with Crippen LogP contribution in [0.25, 0.3) is 22.4 Å². The van der Waals surface area contributed by atoms with Gasteiger partial charge in [0.1, 0.15) is 11.4 Å². The number of benzene rings is 2. The van der Waals surface area contributed by atoms with Gasteiger partial charge in [0.05, 0.1) is 24.4 Å². The smallest absolute Gasteiger partial charge is 0.314 e. The molecule has 3 aromatic rings. The number of halogens is 1. The zero-order valence-corrected chi connectivity index (χ0v) is 34.8. The number of pyridine rings is 1. The summed E-state index contributed by atoms with van der Waals surface area (Å²) in [4.78, 5) is 48.6. The molecule has 4 amide bonds. The number of hydrogen-bond acceptors (Lipinski definition) is 8. The number of unbranched alkanes of at least 4 members (excludes halogenated alkanes) is 1. The van der Waals surface area contributed by atoms with Crippen LogP contribution in [0.1, 0.15) is 82.0 Å². The number of anilines is 1. The van der Waals surface area contributed by atoms with Crippen LogP contribution in [0.2, 0.25) is 5.02 Å². The minimum atomic E-state index is -0.555. The van der Waals surface area contributed by atoms with Crippen molar-refractivity contribution in [2.24, 2.45) is 0 Å². The number of β-amino-alcohol motifs (C(OH)–C–C–N with tert-alkyl or cyclic N) is 1. The Hall–Kier alpha value is -4.91. The van der Waals surface area contributed by atoms with E-state index in [9.17, 15) is 19.5 Å². The Labute approximate surface area is 336 Å². The molecule has 2 aliphatic rings. The Kier molecular flexibility index (Phi) is 15.9. The number of ether oxygens (including phenoxy) is 1. The molecule has 0 fully saturated rings. The fourth-order valence-electron chi connectivity index (χ4n) is 7.25. The van der Waals surface area contributed by atoms with Gasteiger partial charge in [-0.15, -0.1) is 0 Å². The number of urea groups is 1. The number of nitrogens with zero attached hydrogens (tertiary/aromatic N) is 4. The van der Waals surface area contributed by atoms with Crippen molar-refractivity contribution in [2.75, 3.05) is 59.8 Å². The molecule has 12 nitrogen and oxygen atoms in total. The van der Waals surface area contributed by atoms with E-state index < -0.39 is 11.8 Å². The zero-order chi connectivity index (χ0) is 41.1. The molecule has 0 saturated carbocycles. The third-order valence-corrected chi connectivity index (χ3v) is 10.9. The van der Waals surface area contributed by atoms with E-state index >= 15 is 0 Å². The maximum Gasteiger partial charge on any atom is 0.314 e. The summed E-state index contributed by atoms with van der Waals surface area (Å²) in [6.45, 7) is 13.6. The van der Waals surface area contributed by atoms with Gasteiger partial charge in [-0.1, -0.05) is 76.2 Å². The lowest BCUT2D eigenvalue weighted by Crippen LogP contribution is -2.43. The maximum atomic E-state index is 13.7. The van der Waals surface area contributed by atoms with Crippen LogP contribution < -0.4 is 20.7 Å². The van der Waals surface area contributed by atoms with Gasteiger partial charge in [-0.05, 0) is 80.4 Å². The van der Waals surface area contributed by atoms with E-state index in [0.29, 0.717) is 29.0 Å². The van der Waals surface area contributed by atoms with Crippen LogP contribution in [0.15, 0.2) is 66.6 Å². The summed E-state index contributed by atoms with van der Waals surface area (Å²) in [5.74, 6) is -0.0424. The Morgan fingerprint density at radius 2 is 1.84 bits per heavy atom. The number of rotatable bonds is 15. The van der Waals surface area contributed by atoms with E-state index in [1.165, 1.54) is 16.7 Å². The van der Waals surface area contributed by atoms with E-state index in [0.717, 1.165) is 72.2 Å². The highest BCUT2D eigenvalue weighted by atomic mass is 35.5. The van der Waals surface area contributed by atoms with Crippen molar-refractivity contribution in [1.29, 1.82) is 0 Å². The van der Waals surface area contributed by atoms with Crippen molar-refractivity contribution in [3.63, 3.8) is 0 Å². The SMILES string of the molecule is C=C1N(CCO)C=C(C(=O)Nc2cccc(-c3cccc(-c4cc5c(c(OC)n4)C(N(C)CCCCNC(=O)NC)CC5)c3Cl)c2C(C)CC)C(=O)N1C.CC. The molecule has 0 spiro atoms. The van der Waals surface area contributed by atoms with E-state index in [4.69, 9.17) is 21.3 Å². The second-order valence-corrected chi connectivity index (χ2v) is 14.2. The molecule has 13 heteroatoms. The second kappa shape index (κ2) is 20.3. The number of carbonyl (C=O) groups is 3. The van der Waals surface area contributed by atoms with Gasteiger partial charge >= 0.3 is 6.03 Å². The molecule has 2 atom stereocenters. The fraction of sp³-hybridized carbons (Fsp3) is 0.442. The highest BCUT2D eigenvalue weighted by Crippen LogP contribution is 2.45. The molecule has 2 heterocycles. The summed E-state index contributed by atoms with van der Waals surface area (Å²) in [7, 11) is 6.93. The molecule has 0 saturated heterocycles. The van der Waals surface area contributed by atoms with Crippen LogP contribution in [0.4, 0.5) is 10.5 Å². The van der Waals surface area contributed by atoms with Gasteiger partial charge in [0.15, 0.2) is 0 Å². The summed E-state index contributed by atoms with van der Waals surface area (Å²) in [5, 5.41) is 18.5. The molecular weight excluding hydrogens is 730 g/mol. The number of nitrogens with one attached hydrogen (secondary N) is 3. The average Bonchev–Trinajstić information content (AvgIpc) is 3.65. The first kappa shape index (κ1) is 43.8. The quantitative estimate of drug-likeness (QED) is 0.0930. The summed E-state index contributed by atoms with van der Waals surface area (Å²) >= 11 is 7.31. The van der Waals surface area contributed by atoms with Crippen LogP contribution in [0, 0.1) is 0 Å². The van der Waals surface area contributed by atoms with Crippen molar-refractivity contribution < 1.29 is 24.2 Å². The maximum absolute atomic E-state index is 13.7. The van der Waals surface area contributed by atoms with Gasteiger partial charge in [0, 0.05) is 61.8 Å². The summed E-state index contributed by atoms with van der Waals surface area (Å²) in [6.07, 6.45) is 5.88. The van der Waals surface area contributed by atoms with Gasteiger partial charge < -0.3 is 30.7 Å². The van der Waals surface area contributed by atoms with Crippen molar-refractivity contribution in [3.8, 4) is 28.3 Å². The third-order valence-electron chi connectivity index (χ3n) is 10.5. The molecule has 5 rings (SSSR count).